The van der Waals surface area contributed by atoms with Gasteiger partial charge in [-0.05, 0) is 148 Å². The van der Waals surface area contributed by atoms with E-state index in [-0.39, 0.29) is 65.4 Å². The molecule has 4 aromatic heterocycles. The monoisotopic (exact) mass is 1060 g/mol. The van der Waals surface area contributed by atoms with E-state index in [0.29, 0.717) is 52.2 Å². The first kappa shape index (κ1) is 51.0. The van der Waals surface area contributed by atoms with Gasteiger partial charge in [-0.25, -0.2) is 9.97 Å². The van der Waals surface area contributed by atoms with E-state index in [1.807, 2.05) is 24.4 Å². The maximum absolute atomic E-state index is 14.1. The van der Waals surface area contributed by atoms with Gasteiger partial charge >= 0.3 is 0 Å². The molecule has 402 valence electrons. The summed E-state index contributed by atoms with van der Waals surface area (Å²) in [5, 5.41) is 16.5. The summed E-state index contributed by atoms with van der Waals surface area (Å²) in [5.74, 6) is -1.07. The smallest absolute Gasteiger partial charge is 0.274 e. The van der Waals surface area contributed by atoms with Crippen molar-refractivity contribution in [2.45, 2.75) is 142 Å². The minimum Gasteiger partial charge on any atom is -0.392 e. The summed E-state index contributed by atoms with van der Waals surface area (Å²) < 4.78 is 1.53. The van der Waals surface area contributed by atoms with Crippen molar-refractivity contribution in [1.82, 2.24) is 29.7 Å². The highest BCUT2D eigenvalue weighted by Gasteiger charge is 2.54. The van der Waals surface area contributed by atoms with Gasteiger partial charge in [0.2, 0.25) is 11.8 Å². The van der Waals surface area contributed by atoms with Crippen molar-refractivity contribution < 1.29 is 29.1 Å². The molecule has 5 aliphatic heterocycles. The van der Waals surface area contributed by atoms with Crippen LogP contribution in [-0.2, 0) is 42.5 Å². The molecular weight excluding hydrogens is 993 g/mol. The zero-order valence-electron chi connectivity index (χ0n) is 44.9. The number of pyridine rings is 3. The van der Waals surface area contributed by atoms with Crippen LogP contribution < -0.4 is 30.9 Å². The summed E-state index contributed by atoms with van der Waals surface area (Å²) in [6, 6.07) is 13.2. The Bertz CT molecular complexity index is 3320. The summed E-state index contributed by atoms with van der Waals surface area (Å²) in [4.78, 5) is 101. The molecule has 77 heavy (non-hydrogen) atoms. The molecule has 4 atom stereocenters. The number of piperidine rings is 2. The van der Waals surface area contributed by atoms with Crippen LogP contribution in [0.25, 0.3) is 11.1 Å². The number of thiophene rings is 1. The number of aliphatic hydroxyl groups excluding tert-OH is 1. The normalized spacial score (nSPS) is 25.7. The number of carbonyl (C=O) groups is 5. The number of aliphatic hydroxyl groups is 1. The van der Waals surface area contributed by atoms with E-state index in [2.05, 4.69) is 71.0 Å². The van der Waals surface area contributed by atoms with Gasteiger partial charge in [0.05, 0.1) is 34.5 Å². The molecule has 5 aromatic rings. The fraction of sp³-hybridized carbons (Fsp3) is 0.492. The number of benzene rings is 1. The highest BCUT2D eigenvalue weighted by atomic mass is 32.1. The van der Waals surface area contributed by atoms with Crippen molar-refractivity contribution in [2.24, 2.45) is 17.9 Å². The number of nitrogens with zero attached hydrogens (tertiary/aromatic N) is 8. The SMILES string of the molecule is C[C@@H]1[C@H](C)N(c2ccc3c(c2)C(=O)N(C2CCC(=O)NC2=O)C3=O)CCN1C1CC2(CCN(c3ccc(Nc4cc(-c5ccnc(N6CCc7c(sc8c7CCCC8)C6=O)c5CO)cn(C)c4=O)nc3)[C@@H](C(C)(C)C)C2)C1. The third kappa shape index (κ3) is 8.74. The second-order valence-electron chi connectivity index (χ2n) is 23.8. The fourth-order valence-electron chi connectivity index (χ4n) is 14.0. The predicted octanol–water partition coefficient (Wildman–Crippen LogP) is 7.39. The van der Waals surface area contributed by atoms with E-state index in [1.165, 1.54) is 20.6 Å². The first-order chi connectivity index (χ1) is 36.9. The van der Waals surface area contributed by atoms with Gasteiger partial charge < -0.3 is 24.8 Å². The third-order valence-corrected chi connectivity index (χ3v) is 19.7. The van der Waals surface area contributed by atoms with Gasteiger partial charge in [-0.1, -0.05) is 20.8 Å². The number of piperazine rings is 1. The van der Waals surface area contributed by atoms with Crippen LogP contribution in [0.5, 0.6) is 0 Å². The molecule has 1 aromatic carbocycles. The Hall–Kier alpha value is -6.76. The number of aryl methyl sites for hydroxylation is 2. The van der Waals surface area contributed by atoms with Crippen molar-refractivity contribution in [2.75, 3.05) is 46.2 Å². The molecule has 1 unspecified atom stereocenters. The van der Waals surface area contributed by atoms with Gasteiger partial charge in [0, 0.05) is 97.9 Å². The molecule has 1 spiro atoms. The van der Waals surface area contributed by atoms with Gasteiger partial charge in [0.25, 0.3) is 23.3 Å². The average molecular weight is 1060 g/mol. The number of imide groups is 2. The molecule has 2 aliphatic carbocycles. The van der Waals surface area contributed by atoms with Gasteiger partial charge in [-0.2, -0.15) is 0 Å². The Labute approximate surface area is 452 Å². The third-order valence-electron chi connectivity index (χ3n) is 18.3. The molecular formula is C59H68N10O7S. The van der Waals surface area contributed by atoms with E-state index in [0.717, 1.165) is 98.6 Å². The van der Waals surface area contributed by atoms with Gasteiger partial charge in [-0.3, -0.25) is 48.8 Å². The van der Waals surface area contributed by atoms with Crippen LogP contribution in [0, 0.1) is 10.8 Å². The lowest BCUT2D eigenvalue weighted by atomic mass is 9.56. The average Bonchev–Trinajstić information content (AvgIpc) is 4.02. The Morgan fingerprint density at radius 2 is 1.57 bits per heavy atom. The van der Waals surface area contributed by atoms with Crippen LogP contribution in [-0.4, -0.2) is 115 Å². The quantitative estimate of drug-likeness (QED) is 0.124. The summed E-state index contributed by atoms with van der Waals surface area (Å²) in [5.41, 5.74) is 7.35. The number of aromatic nitrogens is 3. The lowest BCUT2D eigenvalue weighted by molar-refractivity contribution is -0.136. The summed E-state index contributed by atoms with van der Waals surface area (Å²) in [6.45, 7) is 14.2. The molecule has 9 heterocycles. The number of carbonyl (C=O) groups excluding carboxylic acids is 5. The molecule has 7 aliphatic rings. The highest BCUT2D eigenvalue weighted by molar-refractivity contribution is 7.14. The van der Waals surface area contributed by atoms with Crippen molar-refractivity contribution in [3.8, 4) is 11.1 Å². The second kappa shape index (κ2) is 19.3. The van der Waals surface area contributed by atoms with Gasteiger partial charge in [-0.15, -0.1) is 11.3 Å². The van der Waals surface area contributed by atoms with E-state index < -0.39 is 29.7 Å². The molecule has 1 saturated carbocycles. The minimum absolute atomic E-state index is 0.00977. The fourth-order valence-corrected chi connectivity index (χ4v) is 15.4. The molecule has 12 rings (SSSR count). The Morgan fingerprint density at radius 3 is 2.32 bits per heavy atom. The lowest BCUT2D eigenvalue weighted by Crippen LogP contribution is -2.66. The van der Waals surface area contributed by atoms with Crippen molar-refractivity contribution in [3.63, 3.8) is 0 Å². The molecule has 18 heteroatoms. The number of hydrogen-bond donors (Lipinski definition) is 3. The van der Waals surface area contributed by atoms with E-state index >= 15 is 0 Å². The first-order valence-corrected chi connectivity index (χ1v) is 28.4. The Kier molecular flexibility index (Phi) is 12.8. The van der Waals surface area contributed by atoms with Crippen LogP contribution in [0.4, 0.5) is 28.7 Å². The van der Waals surface area contributed by atoms with Crippen LogP contribution in [0.2, 0.25) is 0 Å². The summed E-state index contributed by atoms with van der Waals surface area (Å²) in [6.07, 6.45) is 15.1. The molecule has 0 bridgehead atoms. The van der Waals surface area contributed by atoms with E-state index in [1.54, 1.807) is 53.9 Å². The van der Waals surface area contributed by atoms with Gasteiger partial charge in [0.1, 0.15) is 23.4 Å². The van der Waals surface area contributed by atoms with E-state index in [9.17, 15) is 33.9 Å². The molecule has 17 nitrogen and oxygen atoms in total. The largest absolute Gasteiger partial charge is 0.392 e. The number of rotatable bonds is 9. The molecule has 5 amide bonds. The topological polar surface area (TPSA) is 194 Å². The number of amides is 5. The Morgan fingerprint density at radius 1 is 0.792 bits per heavy atom. The molecule has 4 fully saturated rings. The van der Waals surface area contributed by atoms with Crippen molar-refractivity contribution in [1.29, 1.82) is 0 Å². The van der Waals surface area contributed by atoms with E-state index in [4.69, 9.17) is 4.98 Å². The Balaban J connectivity index is 0.698. The van der Waals surface area contributed by atoms with Gasteiger partial charge in [0.15, 0.2) is 0 Å². The van der Waals surface area contributed by atoms with Crippen molar-refractivity contribution in [3.05, 3.63) is 109 Å². The standard InChI is InChI=1S/C59H68N10O7S/c1-33-34(2)66(24-23-65(33)36-11-13-42-43(26-36)55(74)69(54(42)73)46-14-16-50(71)63-53(46)72)38-27-59(28-38)19-22-67(48(29-59)58(3,4)5)37-12-15-49(61-30-37)62-45-25-35(31-64(6)56(45)75)39-17-20-60-52(44(39)32-70)68-21-18-41-40-9-7-8-10-47(40)77-51(41)57(68)76/h11-13,15,17,20,25-26,30-31,33-34,38,46,48,70H,7-10,14,16,18-19,21-24,27-29,32H2,1-6H3,(H,61,62)(H,63,71,72)/t33-,34+,38?,46?,48+,59?/m0/s1. The number of nitrogens with one attached hydrogen (secondary N) is 2. The highest BCUT2D eigenvalue weighted by Crippen LogP contribution is 2.56. The maximum atomic E-state index is 14.1. The zero-order chi connectivity index (χ0) is 53.8. The molecule has 3 N–H and O–H groups in total. The van der Waals surface area contributed by atoms with Crippen LogP contribution in [0.15, 0.2) is 65.8 Å². The summed E-state index contributed by atoms with van der Waals surface area (Å²) in [7, 11) is 1.71. The minimum atomic E-state index is -0.996. The number of fused-ring (bicyclic) bond motifs is 4. The second-order valence-corrected chi connectivity index (χ2v) is 24.9. The van der Waals surface area contributed by atoms with Crippen molar-refractivity contribution >= 4 is 69.6 Å². The molecule has 3 saturated heterocycles. The maximum Gasteiger partial charge on any atom is 0.274 e. The lowest BCUT2D eigenvalue weighted by Gasteiger charge is -2.61. The summed E-state index contributed by atoms with van der Waals surface area (Å²) >= 11 is 1.62. The van der Waals surface area contributed by atoms with Crippen LogP contribution >= 0.6 is 11.3 Å². The first-order valence-electron chi connectivity index (χ1n) is 27.5. The zero-order valence-corrected chi connectivity index (χ0v) is 45.7. The van der Waals surface area contributed by atoms with Crippen LogP contribution in [0.1, 0.15) is 138 Å². The number of hydrogen-bond acceptors (Lipinski definition) is 14. The number of anilines is 5. The van der Waals surface area contributed by atoms with Crippen LogP contribution in [0.3, 0.4) is 0 Å². The predicted molar refractivity (Wildman–Crippen MR) is 296 cm³/mol. The molecule has 0 radical (unpaired) electrons.